The fraction of sp³-hybridized carbons (Fsp3) is 0.600. The van der Waals surface area contributed by atoms with Crippen LogP contribution in [0, 0.1) is 0 Å². The molecule has 0 bridgehead atoms. The Balaban J connectivity index is 2.07. The van der Waals surface area contributed by atoms with Crippen molar-refractivity contribution in [2.45, 2.75) is 59.4 Å². The first-order valence-electron chi connectivity index (χ1n) is 9.00. The fourth-order valence-corrected chi connectivity index (χ4v) is 3.47. The summed E-state index contributed by atoms with van der Waals surface area (Å²) in [4.78, 5) is 2.40. The third-order valence-electron chi connectivity index (χ3n) is 4.84. The zero-order chi connectivity index (χ0) is 15.9. The highest BCUT2D eigenvalue weighted by atomic mass is 15.1. The molecule has 0 radical (unpaired) electrons. The zero-order valence-electron chi connectivity index (χ0n) is 14.9. The molecule has 2 nitrogen and oxygen atoms in total. The van der Waals surface area contributed by atoms with E-state index in [9.17, 15) is 0 Å². The number of fused-ring (bicyclic) bond motifs is 1. The quantitative estimate of drug-likeness (QED) is 0.599. The number of hydrogen-bond acceptors (Lipinski definition) is 1. The molecular formula is C20H32N2. The molecule has 2 heteroatoms. The molecule has 2 rings (SSSR count). The van der Waals surface area contributed by atoms with Crippen molar-refractivity contribution in [3.8, 4) is 0 Å². The van der Waals surface area contributed by atoms with Gasteiger partial charge in [-0.2, -0.15) is 0 Å². The van der Waals surface area contributed by atoms with Crippen molar-refractivity contribution < 1.29 is 0 Å². The number of rotatable bonds is 9. The predicted octanol–water partition coefficient (Wildman–Crippen LogP) is 4.89. The number of benzene rings is 1. The Labute approximate surface area is 136 Å². The van der Waals surface area contributed by atoms with Crippen LogP contribution in [0.3, 0.4) is 0 Å². The maximum atomic E-state index is 2.58. The highest BCUT2D eigenvalue weighted by Gasteiger charge is 2.13. The van der Waals surface area contributed by atoms with E-state index in [0.29, 0.717) is 0 Å². The second kappa shape index (κ2) is 8.38. The predicted molar refractivity (Wildman–Crippen MR) is 97.7 cm³/mol. The van der Waals surface area contributed by atoms with Gasteiger partial charge in [0, 0.05) is 23.1 Å². The lowest BCUT2D eigenvalue weighted by Gasteiger charge is -2.14. The van der Waals surface area contributed by atoms with Crippen LogP contribution in [0.4, 0.5) is 0 Å². The van der Waals surface area contributed by atoms with Crippen LogP contribution in [-0.4, -0.2) is 29.6 Å². The number of unbranched alkanes of at least 4 members (excludes halogenated alkanes) is 2. The average Bonchev–Trinajstić information content (AvgIpc) is 2.87. The van der Waals surface area contributed by atoms with E-state index in [-0.39, 0.29) is 0 Å². The molecule has 0 fully saturated rings. The Bertz CT molecular complexity index is 583. The molecule has 22 heavy (non-hydrogen) atoms. The molecule has 0 aliphatic carbocycles. The van der Waals surface area contributed by atoms with Gasteiger partial charge in [0.25, 0.3) is 0 Å². The number of aromatic nitrogens is 1. The van der Waals surface area contributed by atoms with Crippen molar-refractivity contribution in [2.75, 3.05) is 20.1 Å². The van der Waals surface area contributed by atoms with Gasteiger partial charge in [0.05, 0.1) is 0 Å². The Kier molecular flexibility index (Phi) is 6.50. The van der Waals surface area contributed by atoms with Gasteiger partial charge in [-0.25, -0.2) is 0 Å². The molecule has 1 aromatic heterocycles. The van der Waals surface area contributed by atoms with E-state index in [0.717, 1.165) is 19.4 Å². The molecule has 0 amide bonds. The molecule has 0 spiro atoms. The minimum atomic E-state index is 1.14. The summed E-state index contributed by atoms with van der Waals surface area (Å²) in [5.74, 6) is 0. The van der Waals surface area contributed by atoms with Crippen LogP contribution in [-0.2, 0) is 19.4 Å². The van der Waals surface area contributed by atoms with Crippen LogP contribution < -0.4 is 0 Å². The summed E-state index contributed by atoms with van der Waals surface area (Å²) in [6.45, 7) is 10.4. The minimum Gasteiger partial charge on any atom is -0.344 e. The highest BCUT2D eigenvalue weighted by molar-refractivity contribution is 5.85. The van der Waals surface area contributed by atoms with Crippen molar-refractivity contribution >= 4 is 10.9 Å². The standard InChI is InChI=1S/C20H32N2/c1-5-17-18-13-9-10-14-20(18)22(19(17)6-2)16-12-8-11-15-21(4)7-3/h9-10,13-14H,5-8,11-12,15-16H2,1-4H3. The van der Waals surface area contributed by atoms with Crippen LogP contribution in [0.25, 0.3) is 10.9 Å². The molecule has 0 aliphatic rings. The zero-order valence-corrected chi connectivity index (χ0v) is 14.9. The van der Waals surface area contributed by atoms with Crippen molar-refractivity contribution in [2.24, 2.45) is 0 Å². The number of aryl methyl sites for hydroxylation is 2. The molecule has 0 saturated heterocycles. The second-order valence-electron chi connectivity index (χ2n) is 6.26. The van der Waals surface area contributed by atoms with Crippen LogP contribution in [0.15, 0.2) is 24.3 Å². The lowest BCUT2D eigenvalue weighted by molar-refractivity contribution is 0.340. The number of para-hydroxylation sites is 1. The first kappa shape index (κ1) is 17.1. The molecule has 0 aliphatic heterocycles. The highest BCUT2D eigenvalue weighted by Crippen LogP contribution is 2.27. The third-order valence-corrected chi connectivity index (χ3v) is 4.84. The van der Waals surface area contributed by atoms with E-state index in [4.69, 9.17) is 0 Å². The summed E-state index contributed by atoms with van der Waals surface area (Å²) in [5.41, 5.74) is 4.54. The van der Waals surface area contributed by atoms with Gasteiger partial charge in [-0.1, -0.05) is 45.4 Å². The maximum Gasteiger partial charge on any atom is 0.0485 e. The summed E-state index contributed by atoms with van der Waals surface area (Å²) in [6, 6.07) is 8.93. The van der Waals surface area contributed by atoms with E-state index in [2.05, 4.69) is 61.6 Å². The summed E-state index contributed by atoms with van der Waals surface area (Å²) in [6.07, 6.45) is 6.19. The Morgan fingerprint density at radius 2 is 1.73 bits per heavy atom. The van der Waals surface area contributed by atoms with Crippen LogP contribution in [0.1, 0.15) is 51.3 Å². The Morgan fingerprint density at radius 3 is 2.41 bits per heavy atom. The topological polar surface area (TPSA) is 8.17 Å². The second-order valence-corrected chi connectivity index (χ2v) is 6.26. The molecule has 2 aromatic rings. The van der Waals surface area contributed by atoms with Crippen LogP contribution in [0.5, 0.6) is 0 Å². The summed E-state index contributed by atoms with van der Waals surface area (Å²) < 4.78 is 2.58. The van der Waals surface area contributed by atoms with E-state index in [1.807, 2.05) is 0 Å². The largest absolute Gasteiger partial charge is 0.344 e. The SMILES string of the molecule is CCc1c(CC)n(CCCCCN(C)CC)c2ccccc12. The first-order valence-corrected chi connectivity index (χ1v) is 9.00. The molecular weight excluding hydrogens is 268 g/mol. The molecule has 122 valence electrons. The Morgan fingerprint density at radius 1 is 0.955 bits per heavy atom. The normalized spacial score (nSPS) is 11.7. The molecule has 0 atom stereocenters. The molecule has 0 N–H and O–H groups in total. The average molecular weight is 300 g/mol. The van der Waals surface area contributed by atoms with Crippen molar-refractivity contribution in [1.82, 2.24) is 9.47 Å². The van der Waals surface area contributed by atoms with E-state index < -0.39 is 0 Å². The van der Waals surface area contributed by atoms with Crippen molar-refractivity contribution in [3.05, 3.63) is 35.5 Å². The van der Waals surface area contributed by atoms with Gasteiger partial charge in [-0.05, 0) is 57.5 Å². The van der Waals surface area contributed by atoms with Gasteiger partial charge < -0.3 is 9.47 Å². The maximum absolute atomic E-state index is 2.58. The summed E-state index contributed by atoms with van der Waals surface area (Å²) in [5, 5.41) is 1.47. The molecule has 1 aromatic carbocycles. The number of hydrogen-bond donors (Lipinski definition) is 0. The van der Waals surface area contributed by atoms with Gasteiger partial charge in [-0.15, -0.1) is 0 Å². The molecule has 0 unspecified atom stereocenters. The van der Waals surface area contributed by atoms with Gasteiger partial charge in [0.2, 0.25) is 0 Å². The lowest BCUT2D eigenvalue weighted by atomic mass is 10.1. The van der Waals surface area contributed by atoms with Crippen molar-refractivity contribution in [1.29, 1.82) is 0 Å². The van der Waals surface area contributed by atoms with Crippen LogP contribution in [0.2, 0.25) is 0 Å². The first-order chi connectivity index (χ1) is 10.7. The van der Waals surface area contributed by atoms with Crippen molar-refractivity contribution in [3.63, 3.8) is 0 Å². The van der Waals surface area contributed by atoms with E-state index in [1.165, 1.54) is 43.3 Å². The van der Waals surface area contributed by atoms with E-state index in [1.54, 1.807) is 11.3 Å². The Hall–Kier alpha value is -1.28. The third kappa shape index (κ3) is 3.73. The minimum absolute atomic E-state index is 1.14. The fourth-order valence-electron chi connectivity index (χ4n) is 3.47. The van der Waals surface area contributed by atoms with Gasteiger partial charge in [0.1, 0.15) is 0 Å². The lowest BCUT2D eigenvalue weighted by Crippen LogP contribution is -2.18. The molecule has 0 saturated carbocycles. The smallest absolute Gasteiger partial charge is 0.0485 e. The van der Waals surface area contributed by atoms with E-state index >= 15 is 0 Å². The monoisotopic (exact) mass is 300 g/mol. The van der Waals surface area contributed by atoms with Gasteiger partial charge in [0.15, 0.2) is 0 Å². The van der Waals surface area contributed by atoms with Crippen LogP contribution >= 0.6 is 0 Å². The summed E-state index contributed by atoms with van der Waals surface area (Å²) >= 11 is 0. The molecule has 1 heterocycles. The summed E-state index contributed by atoms with van der Waals surface area (Å²) in [7, 11) is 2.21. The van der Waals surface area contributed by atoms with Gasteiger partial charge in [-0.3, -0.25) is 0 Å². The van der Waals surface area contributed by atoms with Gasteiger partial charge >= 0.3 is 0 Å². The number of nitrogens with zero attached hydrogens (tertiary/aromatic N) is 2.